The van der Waals surface area contributed by atoms with Crippen LogP contribution in [0.25, 0.3) is 0 Å². The zero-order chi connectivity index (χ0) is 30.2. The van der Waals surface area contributed by atoms with Crippen molar-refractivity contribution in [1.29, 1.82) is 0 Å². The van der Waals surface area contributed by atoms with Crippen LogP contribution in [0.5, 0.6) is 0 Å². The van der Waals surface area contributed by atoms with Crippen molar-refractivity contribution in [2.24, 2.45) is 52.3 Å². The smallest absolute Gasteiger partial charge is 0.186 e. The first kappa shape index (κ1) is 33.1. The van der Waals surface area contributed by atoms with Crippen molar-refractivity contribution in [3.8, 4) is 0 Å². The highest BCUT2D eigenvalue weighted by Crippen LogP contribution is 2.68. The third kappa shape index (κ3) is 6.37. The highest BCUT2D eigenvalue weighted by molar-refractivity contribution is 5.09. The average molecular weight is 595 g/mol. The molecule has 244 valence electrons. The van der Waals surface area contributed by atoms with E-state index in [1.165, 1.54) is 64.2 Å². The van der Waals surface area contributed by atoms with Gasteiger partial charge in [0.2, 0.25) is 0 Å². The molecule has 5 aliphatic rings. The molecule has 1 aliphatic heterocycles. The minimum absolute atomic E-state index is 0.225. The van der Waals surface area contributed by atoms with Crippen molar-refractivity contribution in [1.82, 2.24) is 0 Å². The number of aliphatic hydroxyl groups excluding tert-OH is 4. The largest absolute Gasteiger partial charge is 0.394 e. The van der Waals surface area contributed by atoms with E-state index in [-0.39, 0.29) is 12.7 Å². The molecule has 0 spiro atoms. The maximum atomic E-state index is 10.2. The third-order valence-corrected chi connectivity index (χ3v) is 13.4. The Morgan fingerprint density at radius 2 is 1.50 bits per heavy atom. The van der Waals surface area contributed by atoms with Crippen LogP contribution in [0, 0.1) is 52.3 Å². The molecule has 0 radical (unpaired) electrons. The summed E-state index contributed by atoms with van der Waals surface area (Å²) in [5, 5.41) is 39.6. The van der Waals surface area contributed by atoms with Crippen LogP contribution in [-0.2, 0) is 14.2 Å². The number of hydrogen-bond acceptors (Lipinski definition) is 7. The SMILES string of the molecule is CC(C)CCC[C@@H](C)[C@H]1CC[C@H]2[C@@H]3CC[C@H]4C[C@@H](OCCO[C@H]5O[C@H](CO)[C@@H](O)[C@H](O)[C@H]5O)CC[C@]4(C)[C@H]3CC[C@]12C. The number of fused-ring (bicyclic) bond motifs is 5. The zero-order valence-corrected chi connectivity index (χ0v) is 27.1. The minimum atomic E-state index is -1.42. The van der Waals surface area contributed by atoms with Gasteiger partial charge in [-0.1, -0.05) is 53.9 Å². The molecule has 5 fully saturated rings. The van der Waals surface area contributed by atoms with Gasteiger partial charge in [-0.05, 0) is 110 Å². The van der Waals surface area contributed by atoms with Crippen LogP contribution >= 0.6 is 0 Å². The van der Waals surface area contributed by atoms with Crippen LogP contribution in [0.4, 0.5) is 0 Å². The lowest BCUT2D eigenvalue weighted by atomic mass is 9.44. The summed E-state index contributed by atoms with van der Waals surface area (Å²) in [6.45, 7) is 12.8. The second-order valence-corrected chi connectivity index (χ2v) is 16.0. The van der Waals surface area contributed by atoms with E-state index in [1.807, 2.05) is 0 Å². The first-order valence-corrected chi connectivity index (χ1v) is 17.5. The summed E-state index contributed by atoms with van der Waals surface area (Å²) in [5.41, 5.74) is 0.973. The van der Waals surface area contributed by atoms with Crippen LogP contribution in [0.2, 0.25) is 0 Å². The van der Waals surface area contributed by atoms with Crippen LogP contribution in [-0.4, -0.2) is 77.1 Å². The molecule has 0 aromatic rings. The third-order valence-electron chi connectivity index (χ3n) is 13.4. The van der Waals surface area contributed by atoms with E-state index in [0.29, 0.717) is 17.4 Å². The van der Waals surface area contributed by atoms with Crippen molar-refractivity contribution in [2.75, 3.05) is 19.8 Å². The maximum absolute atomic E-state index is 10.2. The Kier molecular flexibility index (Phi) is 10.7. The second-order valence-electron chi connectivity index (χ2n) is 16.0. The summed E-state index contributed by atoms with van der Waals surface area (Å²) in [6, 6.07) is 0. The lowest BCUT2D eigenvalue weighted by Crippen LogP contribution is -2.59. The normalized spacial score (nSPS) is 48.0. The lowest BCUT2D eigenvalue weighted by molar-refractivity contribution is -0.303. The standard InChI is InChI=1S/C35H62O7/c1-21(2)7-6-8-22(3)26-11-12-27-25-10-9-23-19-24(13-15-34(23,4)28(25)14-16-35(26,27)5)40-17-18-41-33-32(39)31(38)30(37)29(20-36)42-33/h21-33,36-39H,6-20H2,1-5H3/t22-,23+,24+,25+,26-,27+,28+,29-,30-,31+,32-,33+,34+,35-/m1/s1. The van der Waals surface area contributed by atoms with E-state index in [4.69, 9.17) is 14.2 Å². The molecule has 7 nitrogen and oxygen atoms in total. The monoisotopic (exact) mass is 594 g/mol. The van der Waals surface area contributed by atoms with Gasteiger partial charge in [0.15, 0.2) is 6.29 Å². The topological polar surface area (TPSA) is 109 Å². The van der Waals surface area contributed by atoms with Gasteiger partial charge < -0.3 is 34.6 Å². The Labute approximate surface area is 255 Å². The summed E-state index contributed by atoms with van der Waals surface area (Å²) in [6.07, 6.45) is 10.1. The molecule has 0 amide bonds. The lowest BCUT2D eigenvalue weighted by Gasteiger charge is -2.61. The van der Waals surface area contributed by atoms with Gasteiger partial charge in [-0.3, -0.25) is 0 Å². The van der Waals surface area contributed by atoms with Crippen molar-refractivity contribution in [2.45, 2.75) is 148 Å². The Morgan fingerprint density at radius 1 is 0.786 bits per heavy atom. The maximum Gasteiger partial charge on any atom is 0.186 e. The van der Waals surface area contributed by atoms with Crippen LogP contribution in [0.3, 0.4) is 0 Å². The van der Waals surface area contributed by atoms with E-state index in [0.717, 1.165) is 54.3 Å². The quantitative estimate of drug-likeness (QED) is 0.240. The predicted octanol–water partition coefficient (Wildman–Crippen LogP) is 5.31. The van der Waals surface area contributed by atoms with Gasteiger partial charge in [-0.25, -0.2) is 0 Å². The fourth-order valence-corrected chi connectivity index (χ4v) is 11.0. The second kappa shape index (κ2) is 13.6. The van der Waals surface area contributed by atoms with E-state index in [2.05, 4.69) is 34.6 Å². The Bertz CT molecular complexity index is 866. The summed E-state index contributed by atoms with van der Waals surface area (Å²) < 4.78 is 17.4. The zero-order valence-electron chi connectivity index (χ0n) is 27.1. The van der Waals surface area contributed by atoms with E-state index in [1.54, 1.807) is 0 Å². The number of aliphatic hydroxyl groups is 4. The molecule has 1 heterocycles. The van der Waals surface area contributed by atoms with Gasteiger partial charge in [0.05, 0.1) is 25.9 Å². The Balaban J connectivity index is 1.10. The van der Waals surface area contributed by atoms with Gasteiger partial charge in [0.1, 0.15) is 24.4 Å². The molecule has 4 aliphatic carbocycles. The summed E-state index contributed by atoms with van der Waals surface area (Å²) in [4.78, 5) is 0. The van der Waals surface area contributed by atoms with Crippen LogP contribution in [0.1, 0.15) is 112 Å². The van der Waals surface area contributed by atoms with Gasteiger partial charge in [-0.2, -0.15) is 0 Å². The molecular formula is C35H62O7. The number of ether oxygens (including phenoxy) is 3. The van der Waals surface area contributed by atoms with Gasteiger partial charge in [0.25, 0.3) is 0 Å². The van der Waals surface area contributed by atoms with Gasteiger partial charge >= 0.3 is 0 Å². The van der Waals surface area contributed by atoms with Crippen molar-refractivity contribution in [3.63, 3.8) is 0 Å². The van der Waals surface area contributed by atoms with E-state index >= 15 is 0 Å². The molecule has 5 rings (SSSR count). The average Bonchev–Trinajstić information content (AvgIpc) is 3.32. The predicted molar refractivity (Wildman–Crippen MR) is 163 cm³/mol. The molecule has 14 atom stereocenters. The van der Waals surface area contributed by atoms with Gasteiger partial charge in [0, 0.05) is 0 Å². The van der Waals surface area contributed by atoms with Gasteiger partial charge in [-0.15, -0.1) is 0 Å². The minimum Gasteiger partial charge on any atom is -0.394 e. The summed E-state index contributed by atoms with van der Waals surface area (Å²) in [7, 11) is 0. The molecule has 0 unspecified atom stereocenters. The summed E-state index contributed by atoms with van der Waals surface area (Å²) in [5.74, 6) is 6.00. The highest BCUT2D eigenvalue weighted by atomic mass is 16.7. The molecule has 42 heavy (non-hydrogen) atoms. The first-order valence-electron chi connectivity index (χ1n) is 17.5. The van der Waals surface area contributed by atoms with E-state index in [9.17, 15) is 20.4 Å². The van der Waals surface area contributed by atoms with Crippen LogP contribution in [0.15, 0.2) is 0 Å². The molecule has 4 N–H and O–H groups in total. The molecule has 4 saturated carbocycles. The van der Waals surface area contributed by atoms with Crippen molar-refractivity contribution >= 4 is 0 Å². The Hall–Kier alpha value is -0.280. The molecule has 1 saturated heterocycles. The first-order chi connectivity index (χ1) is 20.0. The fraction of sp³-hybridized carbons (Fsp3) is 1.00. The molecule has 7 heteroatoms. The van der Waals surface area contributed by atoms with Crippen molar-refractivity contribution < 1.29 is 34.6 Å². The number of hydrogen-bond donors (Lipinski definition) is 4. The van der Waals surface area contributed by atoms with Crippen LogP contribution < -0.4 is 0 Å². The van der Waals surface area contributed by atoms with Crippen molar-refractivity contribution in [3.05, 3.63) is 0 Å². The van der Waals surface area contributed by atoms with E-state index < -0.39 is 37.3 Å². The fourth-order valence-electron chi connectivity index (χ4n) is 11.0. The molecule has 0 aromatic heterocycles. The highest BCUT2D eigenvalue weighted by Gasteiger charge is 2.60. The number of rotatable bonds is 11. The molecule has 0 aromatic carbocycles. The summed E-state index contributed by atoms with van der Waals surface area (Å²) >= 11 is 0. The molecular weight excluding hydrogens is 532 g/mol. The molecule has 0 bridgehead atoms. The Morgan fingerprint density at radius 3 is 2.24 bits per heavy atom.